The molecule has 1 aromatic heterocycles. The third-order valence-electron chi connectivity index (χ3n) is 3.22. The Bertz CT molecular complexity index is 812. The van der Waals surface area contributed by atoms with Crippen molar-refractivity contribution in [2.45, 2.75) is 6.92 Å². The number of benzene rings is 2. The number of aryl methyl sites for hydroxylation is 1. The second-order valence-corrected chi connectivity index (χ2v) is 5.58. The zero-order chi connectivity index (χ0) is 15.0. The first-order valence-electron chi connectivity index (χ1n) is 6.34. The lowest BCUT2D eigenvalue weighted by molar-refractivity contribution is 0.439. The maximum absolute atomic E-state index is 6.07. The van der Waals surface area contributed by atoms with Crippen molar-refractivity contribution in [1.29, 1.82) is 0 Å². The molecule has 3 rings (SSSR count). The summed E-state index contributed by atoms with van der Waals surface area (Å²) in [6.45, 7) is 2.02. The van der Waals surface area contributed by atoms with Crippen LogP contribution in [-0.4, -0.2) is 5.16 Å². The predicted octanol–water partition coefficient (Wildman–Crippen LogP) is 5.21. The average Bonchev–Trinajstić information content (AvgIpc) is 2.84. The number of aromatic nitrogens is 1. The van der Waals surface area contributed by atoms with Crippen molar-refractivity contribution in [3.8, 4) is 22.4 Å². The summed E-state index contributed by atoms with van der Waals surface area (Å²) in [5.41, 5.74) is 10.2. The van der Waals surface area contributed by atoms with Crippen LogP contribution < -0.4 is 5.73 Å². The zero-order valence-corrected chi connectivity index (χ0v) is 12.7. The summed E-state index contributed by atoms with van der Waals surface area (Å²) in [4.78, 5) is 0. The van der Waals surface area contributed by atoms with E-state index in [2.05, 4.69) is 5.16 Å². The van der Waals surface area contributed by atoms with E-state index in [0.29, 0.717) is 15.7 Å². The summed E-state index contributed by atoms with van der Waals surface area (Å²) in [6.07, 6.45) is 0. The second-order valence-electron chi connectivity index (χ2n) is 4.77. The van der Waals surface area contributed by atoms with E-state index in [9.17, 15) is 0 Å². The Morgan fingerprint density at radius 1 is 1.00 bits per heavy atom. The summed E-state index contributed by atoms with van der Waals surface area (Å²) in [5.74, 6) is 0.279. The molecule has 2 N–H and O–H groups in total. The lowest BCUT2D eigenvalue weighted by Gasteiger charge is -2.05. The molecule has 0 spiro atoms. The van der Waals surface area contributed by atoms with Gasteiger partial charge in [0, 0.05) is 5.56 Å². The SMILES string of the molecule is Cc1cccc(-c2c(-c3ccc(Cl)c(Cl)c3)noc2N)c1. The Morgan fingerprint density at radius 2 is 1.81 bits per heavy atom. The molecule has 0 aliphatic rings. The monoisotopic (exact) mass is 318 g/mol. The maximum Gasteiger partial charge on any atom is 0.230 e. The van der Waals surface area contributed by atoms with E-state index in [-0.39, 0.29) is 5.88 Å². The van der Waals surface area contributed by atoms with Crippen molar-refractivity contribution in [3.63, 3.8) is 0 Å². The smallest absolute Gasteiger partial charge is 0.230 e. The first kappa shape index (κ1) is 14.0. The number of hydrogen-bond acceptors (Lipinski definition) is 3. The van der Waals surface area contributed by atoms with Crippen LogP contribution in [0.25, 0.3) is 22.4 Å². The van der Waals surface area contributed by atoms with Gasteiger partial charge >= 0.3 is 0 Å². The molecule has 0 saturated carbocycles. The van der Waals surface area contributed by atoms with E-state index in [4.69, 9.17) is 33.5 Å². The third-order valence-corrected chi connectivity index (χ3v) is 3.96. The van der Waals surface area contributed by atoms with Gasteiger partial charge in [0.15, 0.2) is 0 Å². The molecule has 0 aliphatic carbocycles. The summed E-state index contributed by atoms with van der Waals surface area (Å²) < 4.78 is 5.17. The van der Waals surface area contributed by atoms with Gasteiger partial charge in [-0.3, -0.25) is 0 Å². The van der Waals surface area contributed by atoms with Crippen LogP contribution in [-0.2, 0) is 0 Å². The van der Waals surface area contributed by atoms with Crippen LogP contribution in [0.2, 0.25) is 10.0 Å². The van der Waals surface area contributed by atoms with Gasteiger partial charge in [0.25, 0.3) is 0 Å². The van der Waals surface area contributed by atoms with E-state index >= 15 is 0 Å². The van der Waals surface area contributed by atoms with Gasteiger partial charge in [-0.05, 0) is 24.6 Å². The van der Waals surface area contributed by atoms with Gasteiger partial charge in [0.05, 0.1) is 15.6 Å². The highest BCUT2D eigenvalue weighted by molar-refractivity contribution is 6.42. The molecule has 0 aliphatic heterocycles. The molecule has 2 aromatic carbocycles. The number of nitrogens with zero attached hydrogens (tertiary/aromatic N) is 1. The highest BCUT2D eigenvalue weighted by Gasteiger charge is 2.18. The lowest BCUT2D eigenvalue weighted by Crippen LogP contribution is -1.88. The summed E-state index contributed by atoms with van der Waals surface area (Å²) in [7, 11) is 0. The van der Waals surface area contributed by atoms with E-state index in [1.54, 1.807) is 12.1 Å². The Balaban J connectivity index is 2.19. The van der Waals surface area contributed by atoms with Crippen LogP contribution in [0.1, 0.15) is 5.56 Å². The van der Waals surface area contributed by atoms with Crippen LogP contribution >= 0.6 is 23.2 Å². The highest BCUT2D eigenvalue weighted by atomic mass is 35.5. The lowest BCUT2D eigenvalue weighted by atomic mass is 9.99. The van der Waals surface area contributed by atoms with Crippen LogP contribution in [0, 0.1) is 6.92 Å². The minimum absolute atomic E-state index is 0.279. The minimum Gasteiger partial charge on any atom is -0.367 e. The Hall–Kier alpha value is -1.97. The summed E-state index contributed by atoms with van der Waals surface area (Å²) in [6, 6.07) is 13.3. The van der Waals surface area contributed by atoms with Crippen molar-refractivity contribution in [2.24, 2.45) is 0 Å². The fourth-order valence-corrected chi connectivity index (χ4v) is 2.52. The van der Waals surface area contributed by atoms with Gasteiger partial charge in [-0.15, -0.1) is 0 Å². The van der Waals surface area contributed by atoms with E-state index in [1.807, 2.05) is 37.3 Å². The van der Waals surface area contributed by atoms with Gasteiger partial charge in [-0.2, -0.15) is 0 Å². The van der Waals surface area contributed by atoms with Crippen LogP contribution in [0.4, 0.5) is 5.88 Å². The molecule has 3 nitrogen and oxygen atoms in total. The van der Waals surface area contributed by atoms with Gasteiger partial charge in [0.1, 0.15) is 5.69 Å². The number of hydrogen-bond donors (Lipinski definition) is 1. The third kappa shape index (κ3) is 2.62. The zero-order valence-electron chi connectivity index (χ0n) is 11.2. The summed E-state index contributed by atoms with van der Waals surface area (Å²) in [5, 5.41) is 5.02. The Labute approximate surface area is 132 Å². The molecular weight excluding hydrogens is 307 g/mol. The molecule has 0 atom stereocenters. The normalized spacial score (nSPS) is 10.8. The molecule has 0 fully saturated rings. The van der Waals surface area contributed by atoms with Crippen molar-refractivity contribution in [3.05, 3.63) is 58.1 Å². The topological polar surface area (TPSA) is 52.0 Å². The fourth-order valence-electron chi connectivity index (χ4n) is 2.22. The predicted molar refractivity (Wildman–Crippen MR) is 86.5 cm³/mol. The molecule has 5 heteroatoms. The molecule has 0 unspecified atom stereocenters. The van der Waals surface area contributed by atoms with Crippen LogP contribution in [0.3, 0.4) is 0 Å². The molecular formula is C16H12Cl2N2O. The second kappa shape index (κ2) is 5.43. The van der Waals surface area contributed by atoms with Gasteiger partial charge in [-0.25, -0.2) is 0 Å². The van der Waals surface area contributed by atoms with Gasteiger partial charge < -0.3 is 10.3 Å². The number of nitrogen functional groups attached to an aromatic ring is 1. The maximum atomic E-state index is 6.07. The fraction of sp³-hybridized carbons (Fsp3) is 0.0625. The Kier molecular flexibility index (Phi) is 3.62. The minimum atomic E-state index is 0.279. The van der Waals surface area contributed by atoms with E-state index < -0.39 is 0 Å². The van der Waals surface area contributed by atoms with Crippen LogP contribution in [0.5, 0.6) is 0 Å². The quantitative estimate of drug-likeness (QED) is 0.706. The van der Waals surface area contributed by atoms with Crippen molar-refractivity contribution < 1.29 is 4.52 Å². The first-order chi connectivity index (χ1) is 10.1. The molecule has 0 bridgehead atoms. The van der Waals surface area contributed by atoms with Crippen molar-refractivity contribution >= 4 is 29.1 Å². The molecule has 106 valence electrons. The van der Waals surface area contributed by atoms with Crippen molar-refractivity contribution in [2.75, 3.05) is 5.73 Å². The number of anilines is 1. The van der Waals surface area contributed by atoms with E-state index in [1.165, 1.54) is 0 Å². The molecule has 0 radical (unpaired) electrons. The molecule has 0 amide bonds. The molecule has 0 saturated heterocycles. The average molecular weight is 319 g/mol. The number of halogens is 2. The van der Waals surface area contributed by atoms with Gasteiger partial charge in [-0.1, -0.05) is 64.3 Å². The molecule has 1 heterocycles. The standard InChI is InChI=1S/C16H12Cl2N2O/c1-9-3-2-4-10(7-9)14-15(20-21-16(14)19)11-5-6-12(17)13(18)8-11/h2-8H,19H2,1H3. The Morgan fingerprint density at radius 3 is 2.52 bits per heavy atom. The molecule has 3 aromatic rings. The number of nitrogens with two attached hydrogens (primary N) is 1. The summed E-state index contributed by atoms with van der Waals surface area (Å²) >= 11 is 12.0. The molecule has 21 heavy (non-hydrogen) atoms. The number of rotatable bonds is 2. The van der Waals surface area contributed by atoms with E-state index in [0.717, 1.165) is 22.3 Å². The van der Waals surface area contributed by atoms with Gasteiger partial charge in [0.2, 0.25) is 5.88 Å². The largest absolute Gasteiger partial charge is 0.367 e. The van der Waals surface area contributed by atoms with Crippen LogP contribution in [0.15, 0.2) is 47.0 Å². The van der Waals surface area contributed by atoms with Crippen molar-refractivity contribution in [1.82, 2.24) is 5.16 Å². The highest BCUT2D eigenvalue weighted by Crippen LogP contribution is 2.38. The first-order valence-corrected chi connectivity index (χ1v) is 7.09.